The van der Waals surface area contributed by atoms with Crippen molar-refractivity contribution in [1.29, 1.82) is 0 Å². The normalized spacial score (nSPS) is 15.9. The molecule has 0 aliphatic heterocycles. The van der Waals surface area contributed by atoms with Crippen LogP contribution in [-0.4, -0.2) is 94.8 Å². The van der Waals surface area contributed by atoms with Crippen molar-refractivity contribution < 1.29 is 24.3 Å². The number of aliphatic hydroxyl groups is 1. The average Bonchev–Trinajstić information content (AvgIpc) is 3.05. The lowest BCUT2D eigenvalue weighted by molar-refractivity contribution is -0.132. The molecule has 12 heteroatoms. The fraction of sp³-hybridized carbons (Fsp3) is 0.872. The van der Waals surface area contributed by atoms with Gasteiger partial charge in [-0.15, -0.1) is 0 Å². The second kappa shape index (κ2) is 28.2. The molecule has 5 N–H and O–H groups in total. The lowest BCUT2D eigenvalue weighted by Gasteiger charge is -2.30. The Kier molecular flexibility index (Phi) is 28.1. The van der Waals surface area contributed by atoms with E-state index in [9.17, 15) is 24.3 Å². The van der Waals surface area contributed by atoms with Crippen molar-refractivity contribution in [3.8, 4) is 0 Å². The molecule has 300 valence electrons. The number of hydrogen-bond acceptors (Lipinski definition) is 8. The third-order valence-corrected chi connectivity index (χ3v) is 9.86. The van der Waals surface area contributed by atoms with E-state index in [1.54, 1.807) is 25.6 Å². The molecule has 1 unspecified atom stereocenters. The minimum atomic E-state index is -0.892. The maximum Gasteiger partial charge on any atom is 0.242 e. The summed E-state index contributed by atoms with van der Waals surface area (Å²) in [6.07, 6.45) is 4.98. The molecular weight excluding hydrogens is 665 g/mol. The summed E-state index contributed by atoms with van der Waals surface area (Å²) in [5, 5.41) is 29.6. The van der Waals surface area contributed by atoms with Crippen LogP contribution in [0.5, 0.6) is 0 Å². The number of nitrogens with one attached hydrogen (secondary N) is 4. The molecule has 0 fully saturated rings. The summed E-state index contributed by atoms with van der Waals surface area (Å²) in [6.45, 7) is 29.3. The molecule has 11 nitrogen and oxygen atoms in total. The van der Waals surface area contributed by atoms with E-state index in [1.165, 1.54) is 0 Å². The van der Waals surface area contributed by atoms with Gasteiger partial charge in [-0.1, -0.05) is 68.7 Å². The van der Waals surface area contributed by atoms with Crippen LogP contribution in [0.4, 0.5) is 0 Å². The molecule has 0 aromatic rings. The highest BCUT2D eigenvalue weighted by atomic mass is 32.2. The van der Waals surface area contributed by atoms with Crippen molar-refractivity contribution in [2.75, 3.05) is 25.1 Å². The molecule has 0 radical (unpaired) electrons. The summed E-state index contributed by atoms with van der Waals surface area (Å²) >= 11 is 1.62. The second-order valence-electron chi connectivity index (χ2n) is 15.4. The first-order chi connectivity index (χ1) is 23.7. The van der Waals surface area contributed by atoms with Crippen molar-refractivity contribution >= 4 is 41.1 Å². The summed E-state index contributed by atoms with van der Waals surface area (Å²) in [4.78, 5) is 49.7. The number of rotatable bonds is 24. The molecule has 0 bridgehead atoms. The molecule has 0 aliphatic rings. The summed E-state index contributed by atoms with van der Waals surface area (Å²) in [5.74, 6) is 0.643. The molecule has 0 aromatic heterocycles. The van der Waals surface area contributed by atoms with Gasteiger partial charge >= 0.3 is 0 Å². The summed E-state index contributed by atoms with van der Waals surface area (Å²) in [5.41, 5.74) is 1.05. The van der Waals surface area contributed by atoms with Crippen LogP contribution in [0.1, 0.15) is 135 Å². The Morgan fingerprint density at radius 3 is 1.84 bits per heavy atom. The second-order valence-corrected chi connectivity index (χ2v) is 16.4. The first kappa shape index (κ1) is 50.8. The Morgan fingerprint density at radius 2 is 1.37 bits per heavy atom. The van der Waals surface area contributed by atoms with Crippen molar-refractivity contribution in [3.05, 3.63) is 0 Å². The van der Waals surface area contributed by atoms with Crippen LogP contribution in [0.3, 0.4) is 0 Å². The van der Waals surface area contributed by atoms with E-state index in [-0.39, 0.29) is 54.0 Å². The molecule has 0 heterocycles. The van der Waals surface area contributed by atoms with Gasteiger partial charge in [0.15, 0.2) is 0 Å². The first-order valence-electron chi connectivity index (χ1n) is 19.3. The van der Waals surface area contributed by atoms with Crippen molar-refractivity contribution in [2.45, 2.75) is 166 Å². The summed E-state index contributed by atoms with van der Waals surface area (Å²) in [7, 11) is 0. The highest BCUT2D eigenvalue weighted by molar-refractivity contribution is 7.98. The van der Waals surface area contributed by atoms with Crippen molar-refractivity contribution in [2.24, 2.45) is 34.7 Å². The monoisotopic (exact) mass is 743 g/mol. The molecule has 51 heavy (non-hydrogen) atoms. The molecular formula is C39H78N6O5S. The lowest BCUT2D eigenvalue weighted by atomic mass is 9.92. The number of nitrogens with zero attached hydrogens (tertiary/aromatic N) is 2. The number of hydrogen-bond donors (Lipinski definition) is 5. The molecule has 0 aromatic carbocycles. The first-order valence-corrected chi connectivity index (χ1v) is 20.7. The van der Waals surface area contributed by atoms with E-state index in [4.69, 9.17) is 0 Å². The number of amides is 4. The van der Waals surface area contributed by atoms with E-state index in [0.717, 1.165) is 25.1 Å². The predicted molar refractivity (Wildman–Crippen MR) is 216 cm³/mol. The fourth-order valence-corrected chi connectivity index (χ4v) is 5.19. The van der Waals surface area contributed by atoms with E-state index in [2.05, 4.69) is 74.8 Å². The van der Waals surface area contributed by atoms with Crippen LogP contribution in [0.2, 0.25) is 0 Å². The third kappa shape index (κ3) is 24.5. The minimum Gasteiger partial charge on any atom is -0.391 e. The van der Waals surface area contributed by atoms with Gasteiger partial charge in [-0.25, -0.2) is 0 Å². The topological polar surface area (TPSA) is 152 Å². The van der Waals surface area contributed by atoms with E-state index in [0.29, 0.717) is 43.4 Å². The number of aliphatic hydroxyl groups excluding tert-OH is 1. The zero-order valence-corrected chi connectivity index (χ0v) is 35.8. The minimum absolute atomic E-state index is 0.0353. The fourth-order valence-electron chi connectivity index (χ4n) is 4.72. The van der Waals surface area contributed by atoms with Crippen molar-refractivity contribution in [1.82, 2.24) is 26.3 Å². The van der Waals surface area contributed by atoms with Gasteiger partial charge in [0.25, 0.3) is 0 Å². The molecule has 4 amide bonds. The quantitative estimate of drug-likeness (QED) is 0.0602. The maximum atomic E-state index is 13.5. The van der Waals surface area contributed by atoms with Gasteiger partial charge in [-0.2, -0.15) is 16.9 Å². The zero-order valence-electron chi connectivity index (χ0n) is 35.0. The standard InChI is InChI=1S/C32H63N5O4S.C7H15NO/c1-13-25(10)36-37(22(6)7)16-14-23(8)30(39)34-27(15-17-42-12)32(41)35-28(18-20(2)3)29(38)19-24(9)31(40)33-26(11)21(4)5;1-4-6(2)5-8-7(3)9/h20-24,26-29,38H,13-19H2,1-12H3,(H,33,40)(H,34,39)(H,35,41);6H,4-5H2,1-3H3,(H,8,9)/b36-25-;/t23-,24-,26-,27+,28+,29+;/m1./s1. The van der Waals surface area contributed by atoms with Gasteiger partial charge in [0, 0.05) is 49.6 Å². The van der Waals surface area contributed by atoms with Crippen molar-refractivity contribution in [3.63, 3.8) is 0 Å². The van der Waals surface area contributed by atoms with Crippen LogP contribution < -0.4 is 21.3 Å². The van der Waals surface area contributed by atoms with E-state index >= 15 is 0 Å². The smallest absolute Gasteiger partial charge is 0.242 e. The van der Waals surface area contributed by atoms with Crippen LogP contribution >= 0.6 is 11.8 Å². The number of thioether (sulfide) groups is 1. The van der Waals surface area contributed by atoms with E-state index < -0.39 is 24.1 Å². The van der Waals surface area contributed by atoms with Gasteiger partial charge in [0.2, 0.25) is 23.6 Å². The molecule has 0 saturated carbocycles. The highest BCUT2D eigenvalue weighted by Gasteiger charge is 2.30. The average molecular weight is 743 g/mol. The summed E-state index contributed by atoms with van der Waals surface area (Å²) < 4.78 is 0. The largest absolute Gasteiger partial charge is 0.391 e. The van der Waals surface area contributed by atoms with Crippen LogP contribution in [-0.2, 0) is 19.2 Å². The third-order valence-electron chi connectivity index (χ3n) is 9.22. The molecule has 0 rings (SSSR count). The number of carbonyl (C=O) groups excluding carboxylic acids is 4. The predicted octanol–water partition coefficient (Wildman–Crippen LogP) is 5.99. The van der Waals surface area contributed by atoms with E-state index in [1.807, 2.05) is 45.9 Å². The Labute approximate surface area is 316 Å². The SMILES string of the molecule is CC/C(C)=N\N(CC[C@@H](C)C(=O)N[C@@H](CCSC)C(=O)N[C@@H](CC(C)C)[C@@H](O)C[C@@H](C)C(=O)N[C@H](C)C(C)C)C(C)C.CCC(C)CNC(C)=O. The van der Waals surface area contributed by atoms with Crippen LogP contribution in [0.25, 0.3) is 0 Å². The van der Waals surface area contributed by atoms with Gasteiger partial charge in [0.1, 0.15) is 6.04 Å². The lowest BCUT2D eigenvalue weighted by Crippen LogP contribution is -2.54. The summed E-state index contributed by atoms with van der Waals surface area (Å²) in [6, 6.07) is -0.976. The molecule has 0 spiro atoms. The molecule has 0 saturated heterocycles. The zero-order chi connectivity index (χ0) is 39.8. The Balaban J connectivity index is 0. The van der Waals surface area contributed by atoms with Crippen LogP contribution in [0, 0.1) is 29.6 Å². The highest BCUT2D eigenvalue weighted by Crippen LogP contribution is 2.17. The van der Waals surface area contributed by atoms with Gasteiger partial charge < -0.3 is 26.4 Å². The molecule has 7 atom stereocenters. The Morgan fingerprint density at radius 1 is 0.784 bits per heavy atom. The van der Waals surface area contributed by atoms with Gasteiger partial charge in [0.05, 0.1) is 12.1 Å². The maximum absolute atomic E-state index is 13.5. The number of carbonyl (C=O) groups is 4. The van der Waals surface area contributed by atoms with Gasteiger partial charge in [-0.3, -0.25) is 24.2 Å². The van der Waals surface area contributed by atoms with Crippen LogP contribution in [0.15, 0.2) is 5.10 Å². The molecule has 0 aliphatic carbocycles. The Bertz CT molecular complexity index is 1020. The van der Waals surface area contributed by atoms with Gasteiger partial charge in [-0.05, 0) is 89.6 Å². The Hall–Kier alpha value is -2.34. The number of hydrazone groups is 1.